The molecule has 1 saturated heterocycles. The molecule has 2 atom stereocenters. The van der Waals surface area contributed by atoms with E-state index in [1.54, 1.807) is 0 Å². The molecule has 0 aromatic rings. The van der Waals surface area contributed by atoms with E-state index in [-0.39, 0.29) is 0 Å². The third-order valence-corrected chi connectivity index (χ3v) is 2.42. The molecule has 0 aromatic carbocycles. The maximum Gasteiger partial charge on any atom is 0.0387 e. The van der Waals surface area contributed by atoms with E-state index in [1.807, 2.05) is 6.08 Å². The first-order chi connectivity index (χ1) is 5.25. The van der Waals surface area contributed by atoms with Gasteiger partial charge in [0.25, 0.3) is 0 Å². The van der Waals surface area contributed by atoms with Crippen molar-refractivity contribution in [3.8, 4) is 0 Å². The number of piperidine rings is 1. The molecule has 1 N–H and O–H groups in total. The fraction of sp³-hybridized carbons (Fsp3) is 0.778. The van der Waals surface area contributed by atoms with Gasteiger partial charge in [-0.05, 0) is 26.2 Å². The molecule has 1 fully saturated rings. The molecule has 64 valence electrons. The monoisotopic (exact) mass is 155 g/mol. The second-order valence-corrected chi connectivity index (χ2v) is 3.34. The summed E-state index contributed by atoms with van der Waals surface area (Å²) in [6.45, 7) is 5.74. The molecule has 1 aliphatic rings. The second kappa shape index (κ2) is 3.88. The molecule has 1 heterocycles. The number of nitrogens with zero attached hydrogens (tertiary/aromatic N) is 1. The minimum atomic E-state index is 0.316. The van der Waals surface area contributed by atoms with E-state index in [9.17, 15) is 5.21 Å². The van der Waals surface area contributed by atoms with E-state index in [2.05, 4.69) is 13.5 Å². The summed E-state index contributed by atoms with van der Waals surface area (Å²) in [5, 5.41) is 11.0. The zero-order valence-corrected chi connectivity index (χ0v) is 7.16. The third kappa shape index (κ3) is 2.04. The van der Waals surface area contributed by atoms with E-state index in [0.29, 0.717) is 12.1 Å². The highest BCUT2D eigenvalue weighted by atomic mass is 16.5. The highest BCUT2D eigenvalue weighted by Crippen LogP contribution is 2.22. The Morgan fingerprint density at radius 2 is 2.36 bits per heavy atom. The molecular weight excluding hydrogens is 138 g/mol. The van der Waals surface area contributed by atoms with Crippen molar-refractivity contribution in [1.29, 1.82) is 0 Å². The summed E-state index contributed by atoms with van der Waals surface area (Å²) in [7, 11) is 0. The molecule has 0 aliphatic carbocycles. The molecule has 1 rings (SSSR count). The number of hydrogen-bond donors (Lipinski definition) is 1. The lowest BCUT2D eigenvalue weighted by atomic mass is 9.97. The molecule has 0 aromatic heterocycles. The average Bonchev–Trinajstić information content (AvgIpc) is 1.99. The van der Waals surface area contributed by atoms with Crippen molar-refractivity contribution in [2.24, 2.45) is 0 Å². The Morgan fingerprint density at radius 1 is 1.64 bits per heavy atom. The zero-order valence-electron chi connectivity index (χ0n) is 7.16. The molecule has 1 aliphatic heterocycles. The van der Waals surface area contributed by atoms with Crippen molar-refractivity contribution in [3.63, 3.8) is 0 Å². The fourth-order valence-corrected chi connectivity index (χ4v) is 1.69. The summed E-state index contributed by atoms with van der Waals surface area (Å²) in [5.41, 5.74) is 0. The second-order valence-electron chi connectivity index (χ2n) is 3.34. The quantitative estimate of drug-likeness (QED) is 0.618. The normalized spacial score (nSPS) is 33.6. The Balaban J connectivity index is 2.43. The summed E-state index contributed by atoms with van der Waals surface area (Å²) < 4.78 is 0. The van der Waals surface area contributed by atoms with Gasteiger partial charge >= 0.3 is 0 Å². The lowest BCUT2D eigenvalue weighted by Crippen LogP contribution is -2.42. The Morgan fingerprint density at radius 3 is 3.00 bits per heavy atom. The van der Waals surface area contributed by atoms with Gasteiger partial charge in [0.05, 0.1) is 0 Å². The van der Waals surface area contributed by atoms with E-state index in [1.165, 1.54) is 11.5 Å². The average molecular weight is 155 g/mol. The van der Waals surface area contributed by atoms with Gasteiger partial charge in [-0.25, -0.2) is 0 Å². The lowest BCUT2D eigenvalue weighted by molar-refractivity contribution is -0.171. The molecule has 2 nitrogen and oxygen atoms in total. The number of hydrogen-bond acceptors (Lipinski definition) is 2. The van der Waals surface area contributed by atoms with Crippen LogP contribution < -0.4 is 0 Å². The molecule has 0 amide bonds. The van der Waals surface area contributed by atoms with Crippen LogP contribution in [0.5, 0.6) is 0 Å². The molecular formula is C9H17NO. The fourth-order valence-electron chi connectivity index (χ4n) is 1.69. The van der Waals surface area contributed by atoms with Crippen molar-refractivity contribution >= 4 is 0 Å². The van der Waals surface area contributed by atoms with Gasteiger partial charge in [0.2, 0.25) is 0 Å². The van der Waals surface area contributed by atoms with Crippen LogP contribution in [0.2, 0.25) is 0 Å². The Kier molecular flexibility index (Phi) is 3.09. The summed E-state index contributed by atoms with van der Waals surface area (Å²) >= 11 is 0. The zero-order chi connectivity index (χ0) is 8.27. The van der Waals surface area contributed by atoms with Gasteiger partial charge in [-0.2, -0.15) is 5.06 Å². The first-order valence-electron chi connectivity index (χ1n) is 4.33. The molecule has 11 heavy (non-hydrogen) atoms. The van der Waals surface area contributed by atoms with Crippen LogP contribution in [0.4, 0.5) is 0 Å². The minimum Gasteiger partial charge on any atom is -0.313 e. The van der Waals surface area contributed by atoms with Crippen molar-refractivity contribution in [2.75, 3.05) is 0 Å². The first-order valence-corrected chi connectivity index (χ1v) is 4.33. The summed E-state index contributed by atoms with van der Waals surface area (Å²) in [5.74, 6) is 0. The highest BCUT2D eigenvalue weighted by Gasteiger charge is 2.24. The van der Waals surface area contributed by atoms with Crippen molar-refractivity contribution in [3.05, 3.63) is 12.7 Å². The van der Waals surface area contributed by atoms with Gasteiger partial charge in [0, 0.05) is 12.1 Å². The van der Waals surface area contributed by atoms with Crippen LogP contribution in [-0.4, -0.2) is 22.4 Å². The maximum atomic E-state index is 9.55. The molecule has 0 saturated carbocycles. The van der Waals surface area contributed by atoms with Gasteiger partial charge in [-0.3, -0.25) is 0 Å². The van der Waals surface area contributed by atoms with Gasteiger partial charge in [0.15, 0.2) is 0 Å². The summed E-state index contributed by atoms with van der Waals surface area (Å²) in [6, 6.07) is 0.643. The van der Waals surface area contributed by atoms with Crippen molar-refractivity contribution in [1.82, 2.24) is 5.06 Å². The van der Waals surface area contributed by atoms with Crippen LogP contribution in [0.15, 0.2) is 12.7 Å². The van der Waals surface area contributed by atoms with Gasteiger partial charge < -0.3 is 5.21 Å². The van der Waals surface area contributed by atoms with Crippen LogP contribution in [0.25, 0.3) is 0 Å². The minimum absolute atomic E-state index is 0.316. The molecule has 0 radical (unpaired) electrons. The Labute approximate surface area is 68.5 Å². The van der Waals surface area contributed by atoms with E-state index in [4.69, 9.17) is 0 Å². The Hall–Kier alpha value is -0.340. The Bertz CT molecular complexity index is 136. The van der Waals surface area contributed by atoms with Crippen LogP contribution in [-0.2, 0) is 0 Å². The smallest absolute Gasteiger partial charge is 0.0387 e. The van der Waals surface area contributed by atoms with Gasteiger partial charge in [0.1, 0.15) is 0 Å². The standard InChI is InChI=1S/C9H17NO/c1-3-5-9-7-4-6-8(2)10(9)11/h3,8-9,11H,1,4-7H2,2H3/t8-,9+/m0/s1. The van der Waals surface area contributed by atoms with Crippen molar-refractivity contribution < 1.29 is 5.21 Å². The predicted octanol–water partition coefficient (Wildman–Crippen LogP) is 2.19. The summed E-state index contributed by atoms with van der Waals surface area (Å²) in [4.78, 5) is 0. The maximum absolute atomic E-state index is 9.55. The van der Waals surface area contributed by atoms with Gasteiger partial charge in [-0.15, -0.1) is 6.58 Å². The third-order valence-electron chi connectivity index (χ3n) is 2.42. The van der Waals surface area contributed by atoms with Crippen LogP contribution in [0.1, 0.15) is 32.6 Å². The van der Waals surface area contributed by atoms with E-state index in [0.717, 1.165) is 19.3 Å². The predicted molar refractivity (Wildman–Crippen MR) is 45.5 cm³/mol. The largest absolute Gasteiger partial charge is 0.313 e. The number of rotatable bonds is 2. The topological polar surface area (TPSA) is 23.5 Å². The molecule has 2 heteroatoms. The SMILES string of the molecule is C=CC[C@@H]1CCC[C@H](C)N1O. The lowest BCUT2D eigenvalue weighted by Gasteiger charge is -2.35. The molecule has 0 unspecified atom stereocenters. The molecule has 0 bridgehead atoms. The van der Waals surface area contributed by atoms with Gasteiger partial charge in [-0.1, -0.05) is 12.5 Å². The first kappa shape index (κ1) is 8.75. The number of hydroxylamine groups is 2. The van der Waals surface area contributed by atoms with Crippen LogP contribution in [0.3, 0.4) is 0 Å². The molecule has 0 spiro atoms. The van der Waals surface area contributed by atoms with Crippen molar-refractivity contribution in [2.45, 2.75) is 44.7 Å². The highest BCUT2D eigenvalue weighted by molar-refractivity contribution is 4.82. The van der Waals surface area contributed by atoms with Crippen LogP contribution in [0, 0.1) is 0 Å². The van der Waals surface area contributed by atoms with Crippen LogP contribution >= 0.6 is 0 Å². The van der Waals surface area contributed by atoms with E-state index < -0.39 is 0 Å². The summed E-state index contributed by atoms with van der Waals surface area (Å²) in [6.07, 6.45) is 6.24. The van der Waals surface area contributed by atoms with E-state index >= 15 is 0 Å².